The molecule has 0 aliphatic carbocycles. The highest BCUT2D eigenvalue weighted by Crippen LogP contribution is 2.21. The van der Waals surface area contributed by atoms with E-state index < -0.39 is 0 Å². The van der Waals surface area contributed by atoms with Gasteiger partial charge in [-0.25, -0.2) is 0 Å². The van der Waals surface area contributed by atoms with Gasteiger partial charge in [0.1, 0.15) is 0 Å². The molecule has 0 aliphatic rings. The van der Waals surface area contributed by atoms with Crippen molar-refractivity contribution in [2.45, 2.75) is 78.1 Å². The summed E-state index contributed by atoms with van der Waals surface area (Å²) in [6, 6.07) is 0. The van der Waals surface area contributed by atoms with Gasteiger partial charge in [0.15, 0.2) is 0 Å². The van der Waals surface area contributed by atoms with Crippen LogP contribution in [0.25, 0.3) is 0 Å². The lowest BCUT2D eigenvalue weighted by atomic mass is 9.91. The van der Waals surface area contributed by atoms with Gasteiger partial charge in [0.25, 0.3) is 0 Å². The van der Waals surface area contributed by atoms with Gasteiger partial charge >= 0.3 is 0 Å². The third kappa shape index (κ3) is 10.2. The molecule has 15 heavy (non-hydrogen) atoms. The molecule has 0 amide bonds. The summed E-state index contributed by atoms with van der Waals surface area (Å²) in [6.07, 6.45) is 13.2. The highest BCUT2D eigenvalue weighted by atomic mass is 16.2. The third-order valence-electron chi connectivity index (χ3n) is 3.20. The van der Waals surface area contributed by atoms with Gasteiger partial charge in [0.2, 0.25) is 0 Å². The van der Waals surface area contributed by atoms with Gasteiger partial charge in [-0.1, -0.05) is 65.2 Å². The van der Waals surface area contributed by atoms with Crippen molar-refractivity contribution in [3.63, 3.8) is 0 Å². The second-order valence-electron chi connectivity index (χ2n) is 4.72. The fraction of sp³-hybridized carbons (Fsp3) is 1.00. The van der Waals surface area contributed by atoms with Gasteiger partial charge in [-0.05, 0) is 18.8 Å². The number of rotatable bonds is 11. The lowest BCUT2D eigenvalue weighted by Gasteiger charge is -2.15. The summed E-state index contributed by atoms with van der Waals surface area (Å²) in [5, 5.41) is 8.85. The second-order valence-corrected chi connectivity index (χ2v) is 4.72. The first-order valence-electron chi connectivity index (χ1n) is 6.96. The van der Waals surface area contributed by atoms with Gasteiger partial charge in [-0.15, -0.1) is 0 Å². The summed E-state index contributed by atoms with van der Waals surface area (Å²) in [5.41, 5.74) is 0. The summed E-state index contributed by atoms with van der Waals surface area (Å²) < 4.78 is 0. The zero-order valence-corrected chi connectivity index (χ0v) is 10.8. The summed E-state index contributed by atoms with van der Waals surface area (Å²) in [4.78, 5) is 0. The molecule has 0 aliphatic heterocycles. The van der Waals surface area contributed by atoms with Crippen molar-refractivity contribution in [2.24, 2.45) is 5.92 Å². The monoisotopic (exact) mass is 214 g/mol. The third-order valence-corrected chi connectivity index (χ3v) is 3.20. The minimum atomic E-state index is 0.373. The van der Waals surface area contributed by atoms with Crippen LogP contribution in [-0.4, -0.2) is 11.7 Å². The SMILES string of the molecule is CCCCCCC(CCCC)CCCO. The van der Waals surface area contributed by atoms with Crippen LogP contribution in [0, 0.1) is 5.92 Å². The molecule has 0 aromatic carbocycles. The molecule has 0 aromatic rings. The van der Waals surface area contributed by atoms with Crippen molar-refractivity contribution in [2.75, 3.05) is 6.61 Å². The zero-order valence-electron chi connectivity index (χ0n) is 10.8. The Labute approximate surface area is 96.3 Å². The van der Waals surface area contributed by atoms with Crippen molar-refractivity contribution in [3.05, 3.63) is 0 Å². The molecule has 0 saturated carbocycles. The second kappa shape index (κ2) is 12.0. The summed E-state index contributed by atoms with van der Waals surface area (Å²) in [7, 11) is 0. The molecule has 0 rings (SSSR count). The Morgan fingerprint density at radius 1 is 0.733 bits per heavy atom. The standard InChI is InChI=1S/C14H30O/c1-3-5-7-8-11-14(10-6-4-2)12-9-13-15/h14-15H,3-13H2,1-2H3. The van der Waals surface area contributed by atoms with E-state index in [-0.39, 0.29) is 0 Å². The normalized spacial score (nSPS) is 13.0. The number of hydrogen-bond donors (Lipinski definition) is 1. The molecule has 0 spiro atoms. The van der Waals surface area contributed by atoms with E-state index in [9.17, 15) is 0 Å². The fourth-order valence-corrected chi connectivity index (χ4v) is 2.17. The minimum Gasteiger partial charge on any atom is -0.396 e. The highest BCUT2D eigenvalue weighted by Gasteiger charge is 2.07. The number of hydrogen-bond acceptors (Lipinski definition) is 1. The Morgan fingerprint density at radius 3 is 1.93 bits per heavy atom. The van der Waals surface area contributed by atoms with E-state index in [1.807, 2.05) is 0 Å². The Bertz CT molecular complexity index is 104. The van der Waals surface area contributed by atoms with Crippen LogP contribution in [0.15, 0.2) is 0 Å². The molecule has 0 radical (unpaired) electrons. The first kappa shape index (κ1) is 15.0. The van der Waals surface area contributed by atoms with Gasteiger partial charge in [-0.2, -0.15) is 0 Å². The van der Waals surface area contributed by atoms with E-state index >= 15 is 0 Å². The molecule has 0 heterocycles. The molecule has 1 atom stereocenters. The maximum atomic E-state index is 8.85. The minimum absolute atomic E-state index is 0.373. The molecule has 1 N–H and O–H groups in total. The van der Waals surface area contributed by atoms with E-state index in [4.69, 9.17) is 5.11 Å². The van der Waals surface area contributed by atoms with Crippen LogP contribution in [0.4, 0.5) is 0 Å². The van der Waals surface area contributed by atoms with E-state index in [2.05, 4.69) is 13.8 Å². The maximum absolute atomic E-state index is 8.85. The van der Waals surface area contributed by atoms with Gasteiger partial charge in [0.05, 0.1) is 0 Å². The largest absolute Gasteiger partial charge is 0.396 e. The van der Waals surface area contributed by atoms with E-state index in [0.29, 0.717) is 6.61 Å². The zero-order chi connectivity index (χ0) is 11.4. The molecule has 0 saturated heterocycles. The van der Waals surface area contributed by atoms with Crippen molar-refractivity contribution >= 4 is 0 Å². The molecular formula is C14H30O. The van der Waals surface area contributed by atoms with Crippen molar-refractivity contribution in [1.82, 2.24) is 0 Å². The molecule has 0 fully saturated rings. The van der Waals surface area contributed by atoms with Crippen LogP contribution in [0.2, 0.25) is 0 Å². The van der Waals surface area contributed by atoms with Crippen molar-refractivity contribution in [1.29, 1.82) is 0 Å². The summed E-state index contributed by atoms with van der Waals surface area (Å²) in [5.74, 6) is 0.883. The fourth-order valence-electron chi connectivity index (χ4n) is 2.17. The van der Waals surface area contributed by atoms with Crippen molar-refractivity contribution in [3.8, 4) is 0 Å². The van der Waals surface area contributed by atoms with Gasteiger partial charge in [0, 0.05) is 6.61 Å². The summed E-state index contributed by atoms with van der Waals surface area (Å²) >= 11 is 0. The van der Waals surface area contributed by atoms with Crippen molar-refractivity contribution < 1.29 is 5.11 Å². The molecule has 92 valence electrons. The Balaban J connectivity index is 3.49. The number of unbranched alkanes of at least 4 members (excludes halogenated alkanes) is 4. The number of aliphatic hydroxyl groups is 1. The molecule has 0 bridgehead atoms. The Morgan fingerprint density at radius 2 is 1.33 bits per heavy atom. The van der Waals surface area contributed by atoms with Crippen LogP contribution in [0.3, 0.4) is 0 Å². The molecule has 1 unspecified atom stereocenters. The van der Waals surface area contributed by atoms with Crippen LogP contribution >= 0.6 is 0 Å². The highest BCUT2D eigenvalue weighted by molar-refractivity contribution is 4.60. The lowest BCUT2D eigenvalue weighted by Crippen LogP contribution is -2.02. The summed E-state index contributed by atoms with van der Waals surface area (Å²) in [6.45, 7) is 4.90. The first-order valence-corrected chi connectivity index (χ1v) is 6.96. The Kier molecular flexibility index (Phi) is 12.0. The van der Waals surface area contributed by atoms with Crippen LogP contribution in [-0.2, 0) is 0 Å². The average molecular weight is 214 g/mol. The van der Waals surface area contributed by atoms with Crippen LogP contribution < -0.4 is 0 Å². The molecule has 1 heteroatoms. The predicted molar refractivity (Wildman–Crippen MR) is 68.1 cm³/mol. The van der Waals surface area contributed by atoms with Gasteiger partial charge < -0.3 is 5.11 Å². The van der Waals surface area contributed by atoms with E-state index in [1.165, 1.54) is 57.8 Å². The topological polar surface area (TPSA) is 20.2 Å². The van der Waals surface area contributed by atoms with E-state index in [1.54, 1.807) is 0 Å². The number of aliphatic hydroxyl groups excluding tert-OH is 1. The van der Waals surface area contributed by atoms with Gasteiger partial charge in [-0.3, -0.25) is 0 Å². The smallest absolute Gasteiger partial charge is 0.0431 e. The molecular weight excluding hydrogens is 184 g/mol. The Hall–Kier alpha value is -0.0400. The first-order chi connectivity index (χ1) is 7.35. The molecule has 1 nitrogen and oxygen atoms in total. The lowest BCUT2D eigenvalue weighted by molar-refractivity contribution is 0.262. The quantitative estimate of drug-likeness (QED) is 0.501. The average Bonchev–Trinajstić information content (AvgIpc) is 2.27. The van der Waals surface area contributed by atoms with Crippen LogP contribution in [0.1, 0.15) is 78.1 Å². The maximum Gasteiger partial charge on any atom is 0.0431 e. The van der Waals surface area contributed by atoms with Crippen LogP contribution in [0.5, 0.6) is 0 Å². The molecule has 0 aromatic heterocycles. The predicted octanol–water partition coefficient (Wildman–Crippen LogP) is 4.54. The van der Waals surface area contributed by atoms with E-state index in [0.717, 1.165) is 12.3 Å².